The number of anilines is 1. The summed E-state index contributed by atoms with van der Waals surface area (Å²) in [4.78, 5) is 0. The minimum absolute atomic E-state index is 0.412. The van der Waals surface area contributed by atoms with Gasteiger partial charge in [-0.05, 0) is 62.3 Å². The molecule has 0 heterocycles. The number of nitrogens with one attached hydrogen (secondary N) is 1. The highest BCUT2D eigenvalue weighted by Gasteiger charge is 2.31. The van der Waals surface area contributed by atoms with Gasteiger partial charge in [0.05, 0.1) is 0 Å². The molecule has 0 bridgehead atoms. The molecule has 1 fully saturated rings. The van der Waals surface area contributed by atoms with Crippen molar-refractivity contribution >= 4 is 5.69 Å². The van der Waals surface area contributed by atoms with Crippen molar-refractivity contribution in [1.82, 2.24) is 0 Å². The van der Waals surface area contributed by atoms with Crippen molar-refractivity contribution in [2.24, 2.45) is 0 Å². The zero-order valence-corrected chi connectivity index (χ0v) is 13.0. The highest BCUT2D eigenvalue weighted by atomic mass is 16.3. The lowest BCUT2D eigenvalue weighted by Crippen LogP contribution is -2.34. The van der Waals surface area contributed by atoms with Gasteiger partial charge in [-0.25, -0.2) is 0 Å². The molecule has 2 aromatic rings. The lowest BCUT2D eigenvalue weighted by Gasteiger charge is -2.38. The summed E-state index contributed by atoms with van der Waals surface area (Å²) >= 11 is 0. The van der Waals surface area contributed by atoms with Crippen LogP contribution in [0.15, 0.2) is 36.4 Å². The summed E-state index contributed by atoms with van der Waals surface area (Å²) < 4.78 is 0. The Morgan fingerprint density at radius 2 is 1.67 bits per heavy atom. The normalized spacial score (nSPS) is 20.9. The Morgan fingerprint density at radius 3 is 2.38 bits per heavy atom. The van der Waals surface area contributed by atoms with Crippen molar-refractivity contribution in [1.29, 1.82) is 0 Å². The van der Waals surface area contributed by atoms with Crippen LogP contribution < -0.4 is 5.32 Å². The summed E-state index contributed by atoms with van der Waals surface area (Å²) in [5, 5.41) is 13.6. The van der Waals surface area contributed by atoms with E-state index in [1.807, 2.05) is 19.9 Å². The molecule has 0 aromatic heterocycles. The molecule has 0 aliphatic heterocycles. The lowest BCUT2D eigenvalue weighted by atomic mass is 9.74. The molecule has 2 N–H and O–H groups in total. The maximum Gasteiger partial charge on any atom is 0.123 e. The number of aromatic hydroxyl groups is 1. The van der Waals surface area contributed by atoms with Crippen LogP contribution in [0.5, 0.6) is 5.75 Å². The fraction of sp³-hybridized carbons (Fsp3) is 0.368. The van der Waals surface area contributed by atoms with Gasteiger partial charge in [0.2, 0.25) is 0 Å². The van der Waals surface area contributed by atoms with E-state index < -0.39 is 0 Å². The number of rotatable bonds is 3. The van der Waals surface area contributed by atoms with Crippen molar-refractivity contribution in [2.75, 3.05) is 5.32 Å². The zero-order chi connectivity index (χ0) is 15.0. The van der Waals surface area contributed by atoms with Gasteiger partial charge < -0.3 is 10.4 Å². The number of hydrogen-bond acceptors (Lipinski definition) is 2. The van der Waals surface area contributed by atoms with Crippen LogP contribution in [0.2, 0.25) is 0 Å². The molecule has 0 radical (unpaired) electrons. The smallest absolute Gasteiger partial charge is 0.123 e. The molecule has 3 rings (SSSR count). The van der Waals surface area contributed by atoms with E-state index in [4.69, 9.17) is 0 Å². The van der Waals surface area contributed by atoms with E-state index in [2.05, 4.69) is 42.6 Å². The first-order valence-electron chi connectivity index (χ1n) is 7.67. The highest BCUT2D eigenvalue weighted by Crippen LogP contribution is 2.40. The maximum absolute atomic E-state index is 10.0. The van der Waals surface area contributed by atoms with Crippen molar-refractivity contribution in [2.45, 2.75) is 45.6 Å². The average molecular weight is 281 g/mol. The predicted octanol–water partition coefficient (Wildman–Crippen LogP) is 4.68. The first kappa shape index (κ1) is 14.0. The van der Waals surface area contributed by atoms with Crippen LogP contribution in [0.1, 0.15) is 41.0 Å². The SMILES string of the molecule is Cc1ccccc1C1CC(Nc2ccc(C)c(O)c2C)C1. The summed E-state index contributed by atoms with van der Waals surface area (Å²) in [6.45, 7) is 6.10. The lowest BCUT2D eigenvalue weighted by molar-refractivity contribution is 0.372. The predicted molar refractivity (Wildman–Crippen MR) is 88.1 cm³/mol. The Balaban J connectivity index is 1.66. The van der Waals surface area contributed by atoms with Gasteiger partial charge in [0.25, 0.3) is 0 Å². The zero-order valence-electron chi connectivity index (χ0n) is 13.0. The number of benzene rings is 2. The molecule has 1 aliphatic rings. The topological polar surface area (TPSA) is 32.3 Å². The molecule has 21 heavy (non-hydrogen) atoms. The molecule has 0 atom stereocenters. The monoisotopic (exact) mass is 281 g/mol. The second-order valence-corrected chi connectivity index (χ2v) is 6.27. The van der Waals surface area contributed by atoms with Crippen molar-refractivity contribution in [3.05, 3.63) is 58.7 Å². The van der Waals surface area contributed by atoms with E-state index in [9.17, 15) is 5.11 Å². The summed E-state index contributed by atoms with van der Waals surface area (Å²) in [6.07, 6.45) is 2.33. The quantitative estimate of drug-likeness (QED) is 0.856. The average Bonchev–Trinajstić information content (AvgIpc) is 2.43. The first-order valence-corrected chi connectivity index (χ1v) is 7.67. The Kier molecular flexibility index (Phi) is 3.62. The van der Waals surface area contributed by atoms with E-state index in [-0.39, 0.29) is 0 Å². The summed E-state index contributed by atoms with van der Waals surface area (Å²) in [5.74, 6) is 1.08. The van der Waals surface area contributed by atoms with E-state index in [1.54, 1.807) is 0 Å². The van der Waals surface area contributed by atoms with Crippen LogP contribution in [-0.2, 0) is 0 Å². The highest BCUT2D eigenvalue weighted by molar-refractivity contribution is 5.59. The molecule has 1 aliphatic carbocycles. The van der Waals surface area contributed by atoms with Crippen LogP contribution in [0.4, 0.5) is 5.69 Å². The Morgan fingerprint density at radius 1 is 0.952 bits per heavy atom. The Hall–Kier alpha value is -1.96. The van der Waals surface area contributed by atoms with Gasteiger partial charge in [-0.2, -0.15) is 0 Å². The molecule has 0 spiro atoms. The van der Waals surface area contributed by atoms with Crippen LogP contribution in [0.3, 0.4) is 0 Å². The Labute approximate surface area is 126 Å². The summed E-state index contributed by atoms with van der Waals surface area (Å²) in [5.41, 5.74) is 5.83. The second kappa shape index (κ2) is 5.44. The van der Waals surface area contributed by atoms with Gasteiger partial charge >= 0.3 is 0 Å². The fourth-order valence-electron chi connectivity index (χ4n) is 3.25. The maximum atomic E-state index is 10.0. The first-order chi connectivity index (χ1) is 10.1. The van der Waals surface area contributed by atoms with Gasteiger partial charge in [-0.1, -0.05) is 30.3 Å². The van der Waals surface area contributed by atoms with E-state index in [1.165, 1.54) is 24.0 Å². The minimum Gasteiger partial charge on any atom is -0.507 e. The van der Waals surface area contributed by atoms with Crippen LogP contribution in [0, 0.1) is 20.8 Å². The molecule has 0 saturated heterocycles. The van der Waals surface area contributed by atoms with Crippen molar-refractivity contribution < 1.29 is 5.11 Å². The fourth-order valence-corrected chi connectivity index (χ4v) is 3.25. The molecule has 2 nitrogen and oxygen atoms in total. The molecule has 0 amide bonds. The van der Waals surface area contributed by atoms with Gasteiger partial charge in [-0.3, -0.25) is 0 Å². The number of aryl methyl sites for hydroxylation is 2. The second-order valence-electron chi connectivity index (χ2n) is 6.27. The number of hydrogen-bond donors (Lipinski definition) is 2. The molecular formula is C19H23NO. The molecule has 2 heteroatoms. The largest absolute Gasteiger partial charge is 0.507 e. The molecule has 2 aromatic carbocycles. The Bertz CT molecular complexity index is 657. The molecule has 1 saturated carbocycles. The number of phenolic OH excluding ortho intramolecular Hbond substituents is 1. The third-order valence-corrected chi connectivity index (χ3v) is 4.76. The molecule has 110 valence electrons. The summed E-state index contributed by atoms with van der Waals surface area (Å²) in [6, 6.07) is 13.2. The third-order valence-electron chi connectivity index (χ3n) is 4.76. The minimum atomic E-state index is 0.412. The summed E-state index contributed by atoms with van der Waals surface area (Å²) in [7, 11) is 0. The third kappa shape index (κ3) is 2.63. The number of phenols is 1. The van der Waals surface area contributed by atoms with Gasteiger partial charge in [0, 0.05) is 17.3 Å². The van der Waals surface area contributed by atoms with Crippen molar-refractivity contribution in [3.63, 3.8) is 0 Å². The van der Waals surface area contributed by atoms with Crippen LogP contribution in [0.25, 0.3) is 0 Å². The van der Waals surface area contributed by atoms with E-state index in [0.717, 1.165) is 16.8 Å². The van der Waals surface area contributed by atoms with E-state index >= 15 is 0 Å². The molecular weight excluding hydrogens is 258 g/mol. The van der Waals surface area contributed by atoms with Crippen LogP contribution in [-0.4, -0.2) is 11.1 Å². The van der Waals surface area contributed by atoms with E-state index in [0.29, 0.717) is 17.7 Å². The van der Waals surface area contributed by atoms with Gasteiger partial charge in [0.15, 0.2) is 0 Å². The van der Waals surface area contributed by atoms with Gasteiger partial charge in [-0.15, -0.1) is 0 Å². The molecule has 0 unspecified atom stereocenters. The standard InChI is InChI=1S/C19H23NO/c1-12-6-4-5-7-17(12)15-10-16(11-15)20-18-9-8-13(2)19(21)14(18)3/h4-9,15-16,20-21H,10-11H2,1-3H3. The van der Waals surface area contributed by atoms with Crippen LogP contribution >= 0.6 is 0 Å². The van der Waals surface area contributed by atoms with Gasteiger partial charge in [0.1, 0.15) is 5.75 Å². The van der Waals surface area contributed by atoms with Crippen molar-refractivity contribution in [3.8, 4) is 5.75 Å².